The summed E-state index contributed by atoms with van der Waals surface area (Å²) >= 11 is 0. The molecule has 2 nitrogen and oxygen atoms in total. The minimum atomic E-state index is -0.403. The molecule has 0 aliphatic carbocycles. The summed E-state index contributed by atoms with van der Waals surface area (Å²) in [6.45, 7) is 3.44. The summed E-state index contributed by atoms with van der Waals surface area (Å²) < 4.78 is 13.5. The molecule has 2 N–H and O–H groups in total. The topological polar surface area (TPSA) is 43.1 Å². The summed E-state index contributed by atoms with van der Waals surface area (Å²) in [5.41, 5.74) is 7.93. The van der Waals surface area contributed by atoms with Gasteiger partial charge in [-0.15, -0.1) is 0 Å². The third-order valence-electron chi connectivity index (χ3n) is 3.59. The van der Waals surface area contributed by atoms with Crippen LogP contribution in [-0.4, -0.2) is 5.78 Å². The molecule has 2 aromatic rings. The van der Waals surface area contributed by atoms with Gasteiger partial charge in [0.15, 0.2) is 5.78 Å². The van der Waals surface area contributed by atoms with Crippen LogP contribution in [0.2, 0.25) is 0 Å². The quantitative estimate of drug-likeness (QED) is 0.862. The van der Waals surface area contributed by atoms with E-state index in [0.29, 0.717) is 11.1 Å². The molecular formula is C17H18FNO. The van der Waals surface area contributed by atoms with E-state index in [-0.39, 0.29) is 11.6 Å². The van der Waals surface area contributed by atoms with Crippen molar-refractivity contribution in [3.05, 3.63) is 71.0 Å². The summed E-state index contributed by atoms with van der Waals surface area (Å²) in [6.07, 6.45) is 0. The van der Waals surface area contributed by atoms with E-state index in [4.69, 9.17) is 5.73 Å². The Balaban J connectivity index is 2.22. The minimum absolute atomic E-state index is 0.139. The van der Waals surface area contributed by atoms with E-state index < -0.39 is 12.0 Å². The van der Waals surface area contributed by atoms with Crippen molar-refractivity contribution in [1.29, 1.82) is 0 Å². The lowest BCUT2D eigenvalue weighted by Crippen LogP contribution is -2.26. The molecule has 0 aliphatic rings. The standard InChI is InChI=1S/C17H18FNO/c1-11-8-9-14(10-15(11)18)17(20)12(2)16(19)13-6-4-3-5-7-13/h3-10,12,16H,19H2,1-2H3. The Morgan fingerprint density at radius 3 is 2.40 bits per heavy atom. The van der Waals surface area contributed by atoms with Gasteiger partial charge in [0.2, 0.25) is 0 Å². The van der Waals surface area contributed by atoms with Gasteiger partial charge in [-0.05, 0) is 24.1 Å². The molecule has 20 heavy (non-hydrogen) atoms. The Labute approximate surface area is 118 Å². The molecule has 0 saturated heterocycles. The van der Waals surface area contributed by atoms with Crippen LogP contribution in [0.5, 0.6) is 0 Å². The predicted molar refractivity (Wildman–Crippen MR) is 78.0 cm³/mol. The van der Waals surface area contributed by atoms with Crippen LogP contribution in [0.25, 0.3) is 0 Å². The molecule has 104 valence electrons. The molecule has 0 saturated carbocycles. The lowest BCUT2D eigenvalue weighted by Gasteiger charge is -2.19. The van der Waals surface area contributed by atoms with Gasteiger partial charge in [0.1, 0.15) is 5.82 Å². The molecule has 0 fully saturated rings. The fourth-order valence-electron chi connectivity index (χ4n) is 2.14. The average Bonchev–Trinajstić information content (AvgIpc) is 2.48. The first-order valence-corrected chi connectivity index (χ1v) is 6.61. The van der Waals surface area contributed by atoms with E-state index in [2.05, 4.69) is 0 Å². The molecule has 0 bridgehead atoms. The monoisotopic (exact) mass is 271 g/mol. The third-order valence-corrected chi connectivity index (χ3v) is 3.59. The van der Waals surface area contributed by atoms with Crippen LogP contribution in [0.1, 0.15) is 34.5 Å². The van der Waals surface area contributed by atoms with Gasteiger partial charge < -0.3 is 5.73 Å². The average molecular weight is 271 g/mol. The smallest absolute Gasteiger partial charge is 0.167 e. The first kappa shape index (κ1) is 14.4. The number of carbonyl (C=O) groups excluding carboxylic acids is 1. The number of halogens is 1. The molecule has 0 amide bonds. The molecule has 0 spiro atoms. The maximum absolute atomic E-state index is 13.5. The number of ketones is 1. The summed E-state index contributed by atoms with van der Waals surface area (Å²) in [7, 11) is 0. The Bertz CT molecular complexity index is 610. The fourth-order valence-corrected chi connectivity index (χ4v) is 2.14. The normalized spacial score (nSPS) is 13.8. The lowest BCUT2D eigenvalue weighted by atomic mass is 9.88. The molecule has 0 aromatic heterocycles. The highest BCUT2D eigenvalue weighted by Crippen LogP contribution is 2.23. The van der Waals surface area contributed by atoms with Crippen molar-refractivity contribution >= 4 is 5.78 Å². The van der Waals surface area contributed by atoms with Crippen molar-refractivity contribution in [2.75, 3.05) is 0 Å². The van der Waals surface area contributed by atoms with Crippen LogP contribution < -0.4 is 5.73 Å². The molecular weight excluding hydrogens is 253 g/mol. The zero-order valence-electron chi connectivity index (χ0n) is 11.6. The van der Waals surface area contributed by atoms with Gasteiger partial charge in [0.25, 0.3) is 0 Å². The second-order valence-corrected chi connectivity index (χ2v) is 5.05. The zero-order valence-corrected chi connectivity index (χ0v) is 11.6. The summed E-state index contributed by atoms with van der Waals surface area (Å²) in [5.74, 6) is -0.906. The van der Waals surface area contributed by atoms with Crippen LogP contribution in [0, 0.1) is 18.7 Å². The first-order chi connectivity index (χ1) is 9.50. The Hall–Kier alpha value is -2.00. The highest BCUT2D eigenvalue weighted by molar-refractivity contribution is 5.98. The van der Waals surface area contributed by atoms with Crippen molar-refractivity contribution in [2.45, 2.75) is 19.9 Å². The van der Waals surface area contributed by atoms with Crippen molar-refractivity contribution < 1.29 is 9.18 Å². The van der Waals surface area contributed by atoms with E-state index in [1.807, 2.05) is 30.3 Å². The molecule has 0 radical (unpaired) electrons. The summed E-state index contributed by atoms with van der Waals surface area (Å²) in [6, 6.07) is 13.6. The summed E-state index contributed by atoms with van der Waals surface area (Å²) in [5, 5.41) is 0. The van der Waals surface area contributed by atoms with E-state index in [1.165, 1.54) is 6.07 Å². The Morgan fingerprint density at radius 2 is 1.80 bits per heavy atom. The molecule has 2 aromatic carbocycles. The maximum Gasteiger partial charge on any atom is 0.167 e. The van der Waals surface area contributed by atoms with Crippen LogP contribution in [0.15, 0.2) is 48.5 Å². The van der Waals surface area contributed by atoms with Crippen molar-refractivity contribution in [3.63, 3.8) is 0 Å². The van der Waals surface area contributed by atoms with Crippen LogP contribution in [-0.2, 0) is 0 Å². The van der Waals surface area contributed by atoms with Gasteiger partial charge in [-0.25, -0.2) is 4.39 Å². The number of aryl methyl sites for hydroxylation is 1. The first-order valence-electron chi connectivity index (χ1n) is 6.61. The molecule has 2 atom stereocenters. The number of benzene rings is 2. The van der Waals surface area contributed by atoms with Gasteiger partial charge >= 0.3 is 0 Å². The lowest BCUT2D eigenvalue weighted by molar-refractivity contribution is 0.0912. The van der Waals surface area contributed by atoms with Gasteiger partial charge in [0, 0.05) is 17.5 Å². The Kier molecular flexibility index (Phi) is 4.30. The second kappa shape index (κ2) is 5.97. The van der Waals surface area contributed by atoms with Gasteiger partial charge in [-0.3, -0.25) is 4.79 Å². The minimum Gasteiger partial charge on any atom is -0.323 e. The highest BCUT2D eigenvalue weighted by atomic mass is 19.1. The number of hydrogen-bond acceptors (Lipinski definition) is 2. The molecule has 0 aliphatic heterocycles. The molecule has 2 rings (SSSR count). The summed E-state index contributed by atoms with van der Waals surface area (Å²) in [4.78, 5) is 12.4. The van der Waals surface area contributed by atoms with Crippen molar-refractivity contribution in [1.82, 2.24) is 0 Å². The number of carbonyl (C=O) groups is 1. The maximum atomic E-state index is 13.5. The number of hydrogen-bond donors (Lipinski definition) is 1. The number of nitrogens with two attached hydrogens (primary N) is 1. The molecule has 3 heteroatoms. The SMILES string of the molecule is Cc1ccc(C(=O)C(C)C(N)c2ccccc2)cc1F. The highest BCUT2D eigenvalue weighted by Gasteiger charge is 2.23. The van der Waals surface area contributed by atoms with Crippen LogP contribution in [0.3, 0.4) is 0 Å². The molecule has 2 unspecified atom stereocenters. The number of rotatable bonds is 4. The van der Waals surface area contributed by atoms with Crippen molar-refractivity contribution in [2.24, 2.45) is 11.7 Å². The van der Waals surface area contributed by atoms with Crippen LogP contribution in [0.4, 0.5) is 4.39 Å². The van der Waals surface area contributed by atoms with Gasteiger partial charge in [0.05, 0.1) is 0 Å². The largest absolute Gasteiger partial charge is 0.323 e. The van der Waals surface area contributed by atoms with E-state index >= 15 is 0 Å². The van der Waals surface area contributed by atoms with Gasteiger partial charge in [-0.1, -0.05) is 49.4 Å². The fraction of sp³-hybridized carbons (Fsp3) is 0.235. The van der Waals surface area contributed by atoms with E-state index in [9.17, 15) is 9.18 Å². The van der Waals surface area contributed by atoms with Crippen molar-refractivity contribution in [3.8, 4) is 0 Å². The van der Waals surface area contributed by atoms with E-state index in [0.717, 1.165) is 5.56 Å². The molecule has 0 heterocycles. The number of Topliss-reactive ketones (excluding diaryl/α,β-unsaturated/α-hetero) is 1. The Morgan fingerprint density at radius 1 is 1.15 bits per heavy atom. The third kappa shape index (κ3) is 2.94. The zero-order chi connectivity index (χ0) is 14.7. The van der Waals surface area contributed by atoms with E-state index in [1.54, 1.807) is 26.0 Å². The van der Waals surface area contributed by atoms with Crippen LogP contribution >= 0.6 is 0 Å². The predicted octanol–water partition coefficient (Wildman–Crippen LogP) is 3.65. The van der Waals surface area contributed by atoms with Gasteiger partial charge in [-0.2, -0.15) is 0 Å². The second-order valence-electron chi connectivity index (χ2n) is 5.05.